The van der Waals surface area contributed by atoms with Gasteiger partial charge in [0.05, 0.1) is 34.6 Å². The van der Waals surface area contributed by atoms with Gasteiger partial charge in [0, 0.05) is 18.6 Å². The second-order valence-corrected chi connectivity index (χ2v) is 10.9. The van der Waals surface area contributed by atoms with Crippen LogP contribution < -0.4 is 19.8 Å². The molecule has 3 aromatic rings. The van der Waals surface area contributed by atoms with Gasteiger partial charge in [0.15, 0.2) is 4.80 Å². The summed E-state index contributed by atoms with van der Waals surface area (Å²) in [5.74, 6) is -0.108. The van der Waals surface area contributed by atoms with Crippen LogP contribution in [0.1, 0.15) is 49.4 Å². The number of carbonyl (C=O) groups is 1. The van der Waals surface area contributed by atoms with Gasteiger partial charge in [0.25, 0.3) is 5.56 Å². The minimum atomic E-state index is -0.607. The minimum Gasteiger partial charge on any atom is -0.466 e. The van der Waals surface area contributed by atoms with Gasteiger partial charge in [-0.25, -0.2) is 9.79 Å². The third kappa shape index (κ3) is 4.77. The second-order valence-electron chi connectivity index (χ2n) is 9.00. The van der Waals surface area contributed by atoms with Crippen LogP contribution in [0.3, 0.4) is 0 Å². The van der Waals surface area contributed by atoms with Gasteiger partial charge in [-0.05, 0) is 63.7 Å². The number of fused-ring (bicyclic) bond motifs is 1. The molecular formula is C27H28BrN3O3S. The summed E-state index contributed by atoms with van der Waals surface area (Å²) in [5.41, 5.74) is 4.72. The zero-order chi connectivity index (χ0) is 25.4. The van der Waals surface area contributed by atoms with E-state index >= 15 is 0 Å². The SMILES string of the molecule is COC(=O)C1=C(C)N=c2s/c(=C/c3ccc(N(C)C)c(Br)c3)c(=O)n2C1c1ccc(C(C)C)cc1. The van der Waals surface area contributed by atoms with Crippen molar-refractivity contribution in [2.24, 2.45) is 4.99 Å². The number of allylic oxidation sites excluding steroid dienone is 1. The highest BCUT2D eigenvalue weighted by Crippen LogP contribution is 2.31. The van der Waals surface area contributed by atoms with Gasteiger partial charge in [-0.2, -0.15) is 0 Å². The fourth-order valence-corrected chi connectivity index (χ4v) is 6.00. The molecule has 0 saturated heterocycles. The molecule has 2 heterocycles. The summed E-state index contributed by atoms with van der Waals surface area (Å²) in [4.78, 5) is 33.7. The summed E-state index contributed by atoms with van der Waals surface area (Å²) >= 11 is 4.93. The van der Waals surface area contributed by atoms with Crippen LogP contribution in [0.5, 0.6) is 0 Å². The van der Waals surface area contributed by atoms with E-state index in [2.05, 4.69) is 34.8 Å². The highest BCUT2D eigenvalue weighted by molar-refractivity contribution is 9.10. The first-order valence-corrected chi connectivity index (χ1v) is 12.9. The predicted octanol–water partition coefficient (Wildman–Crippen LogP) is 4.36. The van der Waals surface area contributed by atoms with E-state index in [-0.39, 0.29) is 5.56 Å². The number of anilines is 1. The number of ether oxygens (including phenoxy) is 1. The Balaban J connectivity index is 1.91. The molecule has 1 aliphatic heterocycles. The van der Waals surface area contributed by atoms with Crippen LogP contribution in [0.4, 0.5) is 5.69 Å². The Morgan fingerprint density at radius 3 is 2.46 bits per heavy atom. The molecule has 1 unspecified atom stereocenters. The Morgan fingerprint density at radius 1 is 1.20 bits per heavy atom. The first kappa shape index (κ1) is 25.1. The highest BCUT2D eigenvalue weighted by atomic mass is 79.9. The number of halogens is 1. The Labute approximate surface area is 217 Å². The van der Waals surface area contributed by atoms with Crippen LogP contribution >= 0.6 is 27.3 Å². The lowest BCUT2D eigenvalue weighted by molar-refractivity contribution is -0.136. The molecule has 0 aliphatic carbocycles. The summed E-state index contributed by atoms with van der Waals surface area (Å²) in [5, 5.41) is 0. The summed E-state index contributed by atoms with van der Waals surface area (Å²) in [6.07, 6.45) is 1.87. The van der Waals surface area contributed by atoms with Gasteiger partial charge in [-0.1, -0.05) is 55.5 Å². The van der Waals surface area contributed by atoms with Crippen molar-refractivity contribution in [2.45, 2.75) is 32.7 Å². The maximum absolute atomic E-state index is 13.7. The van der Waals surface area contributed by atoms with Crippen molar-refractivity contribution < 1.29 is 9.53 Å². The number of hydrogen-bond donors (Lipinski definition) is 0. The van der Waals surface area contributed by atoms with E-state index in [9.17, 15) is 9.59 Å². The van der Waals surface area contributed by atoms with Crippen LogP contribution in [0.15, 0.2) is 68.0 Å². The second kappa shape index (κ2) is 9.95. The van der Waals surface area contributed by atoms with E-state index in [1.54, 1.807) is 11.5 Å². The molecule has 4 rings (SSSR count). The van der Waals surface area contributed by atoms with E-state index in [1.165, 1.54) is 24.0 Å². The van der Waals surface area contributed by atoms with Crippen LogP contribution in [0.2, 0.25) is 0 Å². The van der Waals surface area contributed by atoms with Gasteiger partial charge in [0.1, 0.15) is 0 Å². The molecule has 0 fully saturated rings. The lowest BCUT2D eigenvalue weighted by Crippen LogP contribution is -2.39. The number of methoxy groups -OCH3 is 1. The Morgan fingerprint density at radius 2 is 1.89 bits per heavy atom. The lowest BCUT2D eigenvalue weighted by atomic mass is 9.93. The van der Waals surface area contributed by atoms with E-state index in [0.29, 0.717) is 26.5 Å². The molecule has 0 bridgehead atoms. The summed E-state index contributed by atoms with van der Waals surface area (Å²) < 4.78 is 8.20. The quantitative estimate of drug-likeness (QED) is 0.440. The molecule has 0 saturated carbocycles. The molecule has 1 aromatic heterocycles. The van der Waals surface area contributed by atoms with Gasteiger partial charge < -0.3 is 9.64 Å². The van der Waals surface area contributed by atoms with Gasteiger partial charge in [0.2, 0.25) is 0 Å². The number of hydrogen-bond acceptors (Lipinski definition) is 6. The van der Waals surface area contributed by atoms with E-state index < -0.39 is 12.0 Å². The number of aromatic nitrogens is 1. The zero-order valence-corrected chi connectivity index (χ0v) is 23.0. The number of esters is 1. The van der Waals surface area contributed by atoms with E-state index in [1.807, 2.05) is 67.5 Å². The largest absolute Gasteiger partial charge is 0.466 e. The molecule has 8 heteroatoms. The molecule has 6 nitrogen and oxygen atoms in total. The topological polar surface area (TPSA) is 63.9 Å². The highest BCUT2D eigenvalue weighted by Gasteiger charge is 2.33. The maximum Gasteiger partial charge on any atom is 0.338 e. The van der Waals surface area contributed by atoms with Crippen molar-refractivity contribution in [3.05, 3.63) is 94.6 Å². The van der Waals surface area contributed by atoms with Crippen molar-refractivity contribution in [3.63, 3.8) is 0 Å². The Kier molecular flexibility index (Phi) is 7.15. The predicted molar refractivity (Wildman–Crippen MR) is 145 cm³/mol. The third-order valence-electron chi connectivity index (χ3n) is 6.10. The van der Waals surface area contributed by atoms with Crippen molar-refractivity contribution in [1.82, 2.24) is 4.57 Å². The summed E-state index contributed by atoms with van der Waals surface area (Å²) in [7, 11) is 5.31. The van der Waals surface area contributed by atoms with Crippen molar-refractivity contribution in [2.75, 3.05) is 26.1 Å². The average molecular weight is 555 g/mol. The zero-order valence-electron chi connectivity index (χ0n) is 20.6. The number of thiazole rings is 1. The molecule has 0 radical (unpaired) electrons. The Hall–Kier alpha value is -2.97. The summed E-state index contributed by atoms with van der Waals surface area (Å²) in [6.45, 7) is 6.05. The van der Waals surface area contributed by atoms with Crippen molar-refractivity contribution in [3.8, 4) is 0 Å². The molecule has 1 atom stereocenters. The molecule has 2 aromatic carbocycles. The molecule has 0 spiro atoms. The van der Waals surface area contributed by atoms with Crippen molar-refractivity contribution >= 4 is 45.0 Å². The van der Waals surface area contributed by atoms with E-state index in [4.69, 9.17) is 4.74 Å². The first-order chi connectivity index (χ1) is 16.6. The molecule has 1 aliphatic rings. The van der Waals surface area contributed by atoms with Crippen LogP contribution in [-0.4, -0.2) is 31.7 Å². The minimum absolute atomic E-state index is 0.187. The smallest absolute Gasteiger partial charge is 0.338 e. The molecular weight excluding hydrogens is 526 g/mol. The number of rotatable bonds is 5. The average Bonchev–Trinajstić information content (AvgIpc) is 3.11. The fraction of sp³-hybridized carbons (Fsp3) is 0.296. The fourth-order valence-electron chi connectivity index (χ4n) is 4.20. The van der Waals surface area contributed by atoms with Gasteiger partial charge in [-0.15, -0.1) is 0 Å². The van der Waals surface area contributed by atoms with Crippen LogP contribution in [0, 0.1) is 0 Å². The number of carbonyl (C=O) groups excluding carboxylic acids is 1. The molecule has 0 N–H and O–H groups in total. The van der Waals surface area contributed by atoms with E-state index in [0.717, 1.165) is 21.3 Å². The molecule has 35 heavy (non-hydrogen) atoms. The van der Waals surface area contributed by atoms with Crippen molar-refractivity contribution in [1.29, 1.82) is 0 Å². The molecule has 182 valence electrons. The third-order valence-corrected chi connectivity index (χ3v) is 7.72. The Bertz CT molecular complexity index is 1500. The number of nitrogens with zero attached hydrogens (tertiary/aromatic N) is 3. The molecule has 0 amide bonds. The number of benzene rings is 2. The summed E-state index contributed by atoms with van der Waals surface area (Å²) in [6, 6.07) is 13.4. The maximum atomic E-state index is 13.7. The van der Waals surface area contributed by atoms with Crippen LogP contribution in [0.25, 0.3) is 6.08 Å². The lowest BCUT2D eigenvalue weighted by Gasteiger charge is -2.24. The monoisotopic (exact) mass is 553 g/mol. The van der Waals surface area contributed by atoms with Gasteiger partial charge in [-0.3, -0.25) is 9.36 Å². The standard InChI is InChI=1S/C27H28BrN3O3S/c1-15(2)18-8-10-19(11-9-18)24-23(26(33)34-6)16(3)29-27-31(24)25(32)22(35-27)14-17-7-12-21(30(4)5)20(28)13-17/h7-15,24H,1-6H3/b22-14+. The van der Waals surface area contributed by atoms with Gasteiger partial charge >= 0.3 is 5.97 Å². The van der Waals surface area contributed by atoms with Crippen LogP contribution in [-0.2, 0) is 9.53 Å². The first-order valence-electron chi connectivity index (χ1n) is 11.3. The normalized spacial score (nSPS) is 15.8.